The maximum absolute atomic E-state index is 13.3. The molecule has 2 heterocycles. The summed E-state index contributed by atoms with van der Waals surface area (Å²) in [6.07, 6.45) is 1.61. The summed E-state index contributed by atoms with van der Waals surface area (Å²) in [5.41, 5.74) is 3.74. The smallest absolute Gasteiger partial charge is 0.272 e. The first-order chi connectivity index (χ1) is 16.1. The van der Waals surface area contributed by atoms with E-state index in [9.17, 15) is 9.59 Å². The minimum atomic E-state index is -0.211. The molecule has 1 saturated heterocycles. The Hall–Kier alpha value is -3.57. The number of nitrogens with one attached hydrogen (secondary N) is 2. The molecule has 0 aliphatic carbocycles. The molecular weight excluding hydrogens is 434 g/mol. The molecule has 1 aliphatic rings. The van der Waals surface area contributed by atoms with E-state index in [0.29, 0.717) is 23.8 Å². The van der Waals surface area contributed by atoms with Crippen LogP contribution in [-0.2, 0) is 4.79 Å². The standard InChI is InChI=1S/C27H24ClN3O2/c28-20-13-14-23-22(16-20)24(18-8-3-1-4-9-18)25(27(33)30-23)31-15-7-10-19(17-31)26(32)29-21-11-5-2-6-12-21/h1-6,8-9,11-14,16,19H,7,10,15,17H2,(H,29,32)(H,30,33)/t19-/m1/s1. The number of benzene rings is 3. The number of piperidine rings is 1. The largest absolute Gasteiger partial charge is 0.366 e. The maximum Gasteiger partial charge on any atom is 0.272 e. The van der Waals surface area contributed by atoms with Crippen molar-refractivity contribution in [3.8, 4) is 11.1 Å². The molecule has 5 nitrogen and oxygen atoms in total. The Bertz CT molecular complexity index is 1350. The highest BCUT2D eigenvalue weighted by Crippen LogP contribution is 2.37. The zero-order chi connectivity index (χ0) is 22.8. The highest BCUT2D eigenvalue weighted by molar-refractivity contribution is 6.31. The Kier molecular flexibility index (Phi) is 5.88. The number of pyridine rings is 1. The number of carbonyl (C=O) groups is 1. The first-order valence-corrected chi connectivity index (χ1v) is 11.5. The third-order valence-electron chi connectivity index (χ3n) is 6.16. The Morgan fingerprint density at radius 1 is 1.00 bits per heavy atom. The molecule has 6 heteroatoms. The number of aromatic amines is 1. The lowest BCUT2D eigenvalue weighted by Gasteiger charge is -2.34. The predicted octanol–water partition coefficient (Wildman–Crippen LogP) is 5.70. The predicted molar refractivity (Wildman–Crippen MR) is 135 cm³/mol. The van der Waals surface area contributed by atoms with Crippen LogP contribution in [0, 0.1) is 5.92 Å². The van der Waals surface area contributed by atoms with Crippen molar-refractivity contribution in [3.05, 3.63) is 94.2 Å². The van der Waals surface area contributed by atoms with Gasteiger partial charge in [-0.3, -0.25) is 9.59 Å². The summed E-state index contributed by atoms with van der Waals surface area (Å²) in [5.74, 6) is -0.232. The second kappa shape index (κ2) is 9.12. The van der Waals surface area contributed by atoms with E-state index in [0.717, 1.165) is 40.6 Å². The minimum Gasteiger partial charge on any atom is -0.366 e. The van der Waals surface area contributed by atoms with E-state index < -0.39 is 0 Å². The van der Waals surface area contributed by atoms with Gasteiger partial charge in [0.15, 0.2) is 0 Å². The summed E-state index contributed by atoms with van der Waals surface area (Å²) < 4.78 is 0. The molecular formula is C27H24ClN3O2. The number of halogens is 1. The van der Waals surface area contributed by atoms with Crippen molar-refractivity contribution in [1.29, 1.82) is 0 Å². The second-order valence-corrected chi connectivity index (χ2v) is 8.81. The summed E-state index contributed by atoms with van der Waals surface area (Å²) in [6.45, 7) is 1.19. The number of hydrogen-bond donors (Lipinski definition) is 2. The van der Waals surface area contributed by atoms with Gasteiger partial charge in [0.25, 0.3) is 5.56 Å². The van der Waals surface area contributed by atoms with Crippen LogP contribution in [0.2, 0.25) is 5.02 Å². The summed E-state index contributed by atoms with van der Waals surface area (Å²) in [7, 11) is 0. The molecule has 1 amide bonds. The zero-order valence-corrected chi connectivity index (χ0v) is 18.8. The van der Waals surface area contributed by atoms with Gasteiger partial charge in [-0.1, -0.05) is 60.1 Å². The van der Waals surface area contributed by atoms with E-state index in [1.54, 1.807) is 6.07 Å². The molecule has 166 valence electrons. The van der Waals surface area contributed by atoms with Gasteiger partial charge in [0.1, 0.15) is 5.69 Å². The van der Waals surface area contributed by atoms with Crippen LogP contribution < -0.4 is 15.8 Å². The van der Waals surface area contributed by atoms with E-state index in [1.807, 2.05) is 72.8 Å². The van der Waals surface area contributed by atoms with Gasteiger partial charge in [-0.15, -0.1) is 0 Å². The number of carbonyl (C=O) groups excluding carboxylic acids is 1. The normalized spacial score (nSPS) is 16.0. The van der Waals surface area contributed by atoms with E-state index in [2.05, 4.69) is 15.2 Å². The molecule has 2 N–H and O–H groups in total. The molecule has 1 fully saturated rings. The van der Waals surface area contributed by atoms with E-state index in [1.165, 1.54) is 0 Å². The van der Waals surface area contributed by atoms with Crippen molar-refractivity contribution in [1.82, 2.24) is 4.98 Å². The fourth-order valence-corrected chi connectivity index (χ4v) is 4.79. The quantitative estimate of drug-likeness (QED) is 0.413. The fraction of sp³-hybridized carbons (Fsp3) is 0.185. The van der Waals surface area contributed by atoms with E-state index >= 15 is 0 Å². The number of para-hydroxylation sites is 1. The van der Waals surface area contributed by atoms with Gasteiger partial charge >= 0.3 is 0 Å². The van der Waals surface area contributed by atoms with Crippen molar-refractivity contribution in [3.63, 3.8) is 0 Å². The summed E-state index contributed by atoms with van der Waals surface area (Å²) in [5, 5.41) is 4.51. The molecule has 0 spiro atoms. The number of nitrogens with zero attached hydrogens (tertiary/aromatic N) is 1. The first kappa shape index (κ1) is 21.3. The van der Waals surface area contributed by atoms with Crippen LogP contribution >= 0.6 is 11.6 Å². The number of fused-ring (bicyclic) bond motifs is 1. The van der Waals surface area contributed by atoms with Crippen molar-refractivity contribution in [2.45, 2.75) is 12.8 Å². The third kappa shape index (κ3) is 4.37. The van der Waals surface area contributed by atoms with E-state index in [4.69, 9.17) is 11.6 Å². The number of anilines is 2. The van der Waals surface area contributed by atoms with Crippen LogP contribution in [-0.4, -0.2) is 24.0 Å². The lowest BCUT2D eigenvalue weighted by molar-refractivity contribution is -0.120. The Morgan fingerprint density at radius 2 is 1.73 bits per heavy atom. The van der Waals surface area contributed by atoms with Crippen molar-refractivity contribution in [2.24, 2.45) is 5.92 Å². The second-order valence-electron chi connectivity index (χ2n) is 8.37. The van der Waals surface area contributed by atoms with Gasteiger partial charge < -0.3 is 15.2 Å². The van der Waals surface area contributed by atoms with Crippen LogP contribution in [0.15, 0.2) is 83.7 Å². The van der Waals surface area contributed by atoms with Crippen molar-refractivity contribution < 1.29 is 4.79 Å². The van der Waals surface area contributed by atoms with Gasteiger partial charge in [-0.2, -0.15) is 0 Å². The summed E-state index contributed by atoms with van der Waals surface area (Å²) >= 11 is 6.34. The molecule has 0 bridgehead atoms. The van der Waals surface area contributed by atoms with Gasteiger partial charge in [0.05, 0.1) is 5.92 Å². The molecule has 0 radical (unpaired) electrons. The van der Waals surface area contributed by atoms with Crippen LogP contribution in [0.1, 0.15) is 12.8 Å². The first-order valence-electron chi connectivity index (χ1n) is 11.1. The molecule has 3 aromatic carbocycles. The molecule has 33 heavy (non-hydrogen) atoms. The molecule has 1 aromatic heterocycles. The highest BCUT2D eigenvalue weighted by Gasteiger charge is 2.29. The summed E-state index contributed by atoms with van der Waals surface area (Å²) in [4.78, 5) is 31.4. The molecule has 1 aliphatic heterocycles. The van der Waals surface area contributed by atoms with Crippen LogP contribution in [0.5, 0.6) is 0 Å². The Balaban J connectivity index is 1.56. The van der Waals surface area contributed by atoms with Gasteiger partial charge in [0, 0.05) is 40.3 Å². The number of amides is 1. The number of hydrogen-bond acceptors (Lipinski definition) is 3. The van der Waals surface area contributed by atoms with Gasteiger partial charge in [-0.05, 0) is 48.7 Å². The number of aromatic nitrogens is 1. The average Bonchev–Trinajstić information content (AvgIpc) is 2.85. The van der Waals surface area contributed by atoms with Crippen molar-refractivity contribution >= 4 is 39.8 Å². The van der Waals surface area contributed by atoms with E-state index in [-0.39, 0.29) is 17.4 Å². The average molecular weight is 458 g/mol. The maximum atomic E-state index is 13.3. The van der Waals surface area contributed by atoms with Crippen LogP contribution in [0.25, 0.3) is 22.0 Å². The van der Waals surface area contributed by atoms with Gasteiger partial charge in [0.2, 0.25) is 5.91 Å². The molecule has 0 unspecified atom stereocenters. The van der Waals surface area contributed by atoms with Crippen LogP contribution in [0.3, 0.4) is 0 Å². The molecule has 5 rings (SSSR count). The lowest BCUT2D eigenvalue weighted by Crippen LogP contribution is -2.43. The number of H-pyrrole nitrogens is 1. The fourth-order valence-electron chi connectivity index (χ4n) is 4.61. The Morgan fingerprint density at radius 3 is 2.48 bits per heavy atom. The molecule has 0 saturated carbocycles. The minimum absolute atomic E-state index is 0.0209. The highest BCUT2D eigenvalue weighted by atomic mass is 35.5. The summed E-state index contributed by atoms with van der Waals surface area (Å²) in [6, 6.07) is 24.9. The van der Waals surface area contributed by atoms with Crippen LogP contribution in [0.4, 0.5) is 11.4 Å². The van der Waals surface area contributed by atoms with Gasteiger partial charge in [-0.25, -0.2) is 0 Å². The topological polar surface area (TPSA) is 65.2 Å². The molecule has 4 aromatic rings. The zero-order valence-electron chi connectivity index (χ0n) is 18.1. The lowest BCUT2D eigenvalue weighted by atomic mass is 9.94. The number of rotatable bonds is 4. The molecule has 1 atom stereocenters. The Labute approximate surface area is 197 Å². The van der Waals surface area contributed by atoms with Crippen molar-refractivity contribution in [2.75, 3.05) is 23.3 Å². The monoisotopic (exact) mass is 457 g/mol. The SMILES string of the molecule is O=C(Nc1ccccc1)[C@@H]1CCCN(c2c(-c3ccccc3)c3cc(Cl)ccc3[nH]c2=O)C1. The third-order valence-corrected chi connectivity index (χ3v) is 6.40.